The number of rotatable bonds is 10. The number of nitrogens with zero attached hydrogens (tertiary/aromatic N) is 4. The van der Waals surface area contributed by atoms with E-state index >= 15 is 0 Å². The SMILES string of the molecule is CCNC(=NCCOCCS(C)(=O)=O)N(C)Cc1cnn(-c2ccccc2)c1. The Morgan fingerprint density at radius 1 is 1.29 bits per heavy atom. The van der Waals surface area contributed by atoms with Gasteiger partial charge in [0.15, 0.2) is 5.96 Å². The van der Waals surface area contributed by atoms with E-state index in [4.69, 9.17) is 4.74 Å². The Balaban J connectivity index is 1.88. The number of benzene rings is 1. The van der Waals surface area contributed by atoms with Gasteiger partial charge >= 0.3 is 0 Å². The zero-order valence-electron chi connectivity index (χ0n) is 16.7. The first-order chi connectivity index (χ1) is 13.4. The van der Waals surface area contributed by atoms with Gasteiger partial charge in [-0.25, -0.2) is 13.1 Å². The number of ether oxygens (including phenoxy) is 1. The van der Waals surface area contributed by atoms with E-state index in [0.717, 1.165) is 23.8 Å². The Morgan fingerprint density at radius 3 is 2.71 bits per heavy atom. The van der Waals surface area contributed by atoms with E-state index in [1.54, 1.807) is 0 Å². The molecule has 8 nitrogen and oxygen atoms in total. The third-order valence-electron chi connectivity index (χ3n) is 3.87. The lowest BCUT2D eigenvalue weighted by Gasteiger charge is -2.21. The van der Waals surface area contributed by atoms with Gasteiger partial charge in [-0.3, -0.25) is 4.99 Å². The molecule has 1 heterocycles. The molecule has 9 heteroatoms. The van der Waals surface area contributed by atoms with Crippen molar-refractivity contribution in [3.05, 3.63) is 48.3 Å². The average molecular weight is 408 g/mol. The van der Waals surface area contributed by atoms with Crippen LogP contribution in [0.3, 0.4) is 0 Å². The van der Waals surface area contributed by atoms with Crippen LogP contribution in [0.15, 0.2) is 47.7 Å². The summed E-state index contributed by atoms with van der Waals surface area (Å²) in [5.41, 5.74) is 2.09. The Morgan fingerprint density at radius 2 is 2.04 bits per heavy atom. The van der Waals surface area contributed by atoms with Gasteiger partial charge in [0.2, 0.25) is 0 Å². The normalized spacial score (nSPS) is 12.2. The largest absolute Gasteiger partial charge is 0.378 e. The van der Waals surface area contributed by atoms with Crippen LogP contribution in [-0.2, 0) is 21.1 Å². The number of para-hydroxylation sites is 1. The van der Waals surface area contributed by atoms with Crippen molar-refractivity contribution in [1.82, 2.24) is 20.0 Å². The van der Waals surface area contributed by atoms with E-state index in [9.17, 15) is 8.42 Å². The van der Waals surface area contributed by atoms with Crippen molar-refractivity contribution in [1.29, 1.82) is 0 Å². The summed E-state index contributed by atoms with van der Waals surface area (Å²) in [5.74, 6) is 0.795. The van der Waals surface area contributed by atoms with Crippen LogP contribution in [0.4, 0.5) is 0 Å². The van der Waals surface area contributed by atoms with Crippen molar-refractivity contribution < 1.29 is 13.2 Å². The van der Waals surface area contributed by atoms with Crippen LogP contribution < -0.4 is 5.32 Å². The third kappa shape index (κ3) is 7.69. The van der Waals surface area contributed by atoms with Crippen LogP contribution in [0.2, 0.25) is 0 Å². The van der Waals surface area contributed by atoms with Gasteiger partial charge in [0.25, 0.3) is 0 Å². The van der Waals surface area contributed by atoms with Crippen molar-refractivity contribution >= 4 is 15.8 Å². The third-order valence-corrected chi connectivity index (χ3v) is 4.78. The Kier molecular flexibility index (Phi) is 8.46. The van der Waals surface area contributed by atoms with Gasteiger partial charge in [-0.15, -0.1) is 0 Å². The van der Waals surface area contributed by atoms with E-state index in [-0.39, 0.29) is 12.4 Å². The fourth-order valence-corrected chi connectivity index (χ4v) is 2.93. The van der Waals surface area contributed by atoms with E-state index in [0.29, 0.717) is 19.7 Å². The lowest BCUT2D eigenvalue weighted by Crippen LogP contribution is -2.38. The van der Waals surface area contributed by atoms with Crippen LogP contribution in [0.25, 0.3) is 5.69 Å². The highest BCUT2D eigenvalue weighted by Crippen LogP contribution is 2.09. The monoisotopic (exact) mass is 407 g/mol. The Labute approximate surface area is 167 Å². The van der Waals surface area contributed by atoms with Gasteiger partial charge in [-0.05, 0) is 19.1 Å². The molecule has 0 unspecified atom stereocenters. The van der Waals surface area contributed by atoms with Gasteiger partial charge in [0, 0.05) is 38.2 Å². The Hall–Kier alpha value is -2.39. The molecule has 0 aliphatic carbocycles. The molecule has 1 aromatic carbocycles. The molecule has 0 bridgehead atoms. The number of hydrogen-bond donors (Lipinski definition) is 1. The molecule has 154 valence electrons. The van der Waals surface area contributed by atoms with Gasteiger partial charge in [-0.1, -0.05) is 18.2 Å². The predicted octanol–water partition coefficient (Wildman–Crippen LogP) is 1.33. The second-order valence-corrected chi connectivity index (χ2v) is 8.72. The molecular weight excluding hydrogens is 378 g/mol. The molecule has 0 saturated carbocycles. The second-order valence-electron chi connectivity index (χ2n) is 6.46. The number of guanidine groups is 1. The summed E-state index contributed by atoms with van der Waals surface area (Å²) in [6.45, 7) is 4.46. The molecule has 0 saturated heterocycles. The fraction of sp³-hybridized carbons (Fsp3) is 0.474. The summed E-state index contributed by atoms with van der Waals surface area (Å²) >= 11 is 0. The minimum atomic E-state index is -2.99. The molecule has 0 spiro atoms. The molecule has 0 aliphatic heterocycles. The number of hydrogen-bond acceptors (Lipinski definition) is 5. The van der Waals surface area contributed by atoms with Crippen molar-refractivity contribution in [3.63, 3.8) is 0 Å². The fourth-order valence-electron chi connectivity index (χ4n) is 2.51. The maximum atomic E-state index is 11.1. The summed E-state index contributed by atoms with van der Waals surface area (Å²) in [7, 11) is -1.03. The highest BCUT2D eigenvalue weighted by atomic mass is 32.2. The zero-order chi connectivity index (χ0) is 20.4. The number of nitrogens with one attached hydrogen (secondary N) is 1. The quantitative estimate of drug-likeness (QED) is 0.363. The van der Waals surface area contributed by atoms with Gasteiger partial charge in [0.1, 0.15) is 9.84 Å². The molecule has 0 fully saturated rings. The first-order valence-corrected chi connectivity index (χ1v) is 11.3. The molecule has 2 aromatic rings. The van der Waals surface area contributed by atoms with Crippen LogP contribution in [-0.4, -0.2) is 74.4 Å². The van der Waals surface area contributed by atoms with E-state index in [1.807, 2.05) is 66.3 Å². The standard InChI is InChI=1S/C19H29N5O3S/c1-4-20-19(21-10-11-27-12-13-28(3,25)26)23(2)15-17-14-22-24(16-17)18-8-6-5-7-9-18/h5-9,14,16H,4,10-13,15H2,1-3H3,(H,20,21). The Bertz CT molecular complexity index is 849. The van der Waals surface area contributed by atoms with Crippen molar-refractivity contribution in [3.8, 4) is 5.69 Å². The molecule has 0 amide bonds. The number of sulfone groups is 1. The van der Waals surface area contributed by atoms with Gasteiger partial charge < -0.3 is 15.0 Å². The maximum Gasteiger partial charge on any atom is 0.194 e. The van der Waals surface area contributed by atoms with E-state index in [1.165, 1.54) is 6.26 Å². The summed E-state index contributed by atoms with van der Waals surface area (Å²) in [6, 6.07) is 9.96. The van der Waals surface area contributed by atoms with E-state index in [2.05, 4.69) is 15.4 Å². The smallest absolute Gasteiger partial charge is 0.194 e. The van der Waals surface area contributed by atoms with Crippen LogP contribution in [0.5, 0.6) is 0 Å². The van der Waals surface area contributed by atoms with Gasteiger partial charge in [0.05, 0.1) is 37.4 Å². The summed E-state index contributed by atoms with van der Waals surface area (Å²) in [4.78, 5) is 6.56. The highest BCUT2D eigenvalue weighted by molar-refractivity contribution is 7.90. The molecule has 1 aromatic heterocycles. The summed E-state index contributed by atoms with van der Waals surface area (Å²) < 4.78 is 29.4. The molecule has 0 aliphatic rings. The minimum absolute atomic E-state index is 0.0298. The second kappa shape index (κ2) is 10.8. The first kappa shape index (κ1) is 21.9. The van der Waals surface area contributed by atoms with Crippen molar-refractivity contribution in [2.24, 2.45) is 4.99 Å². The zero-order valence-corrected chi connectivity index (χ0v) is 17.5. The van der Waals surface area contributed by atoms with Crippen LogP contribution >= 0.6 is 0 Å². The number of aromatic nitrogens is 2. The van der Waals surface area contributed by atoms with Crippen LogP contribution in [0, 0.1) is 0 Å². The highest BCUT2D eigenvalue weighted by Gasteiger charge is 2.09. The molecule has 1 N–H and O–H groups in total. The van der Waals surface area contributed by atoms with Crippen molar-refractivity contribution in [2.45, 2.75) is 13.5 Å². The molecule has 0 radical (unpaired) electrons. The predicted molar refractivity (Wildman–Crippen MR) is 112 cm³/mol. The first-order valence-electron chi connectivity index (χ1n) is 9.23. The topological polar surface area (TPSA) is 88.8 Å². The molecule has 0 atom stereocenters. The van der Waals surface area contributed by atoms with Crippen LogP contribution in [0.1, 0.15) is 12.5 Å². The molecule has 28 heavy (non-hydrogen) atoms. The summed E-state index contributed by atoms with van der Waals surface area (Å²) in [5, 5.41) is 7.67. The van der Waals surface area contributed by atoms with E-state index < -0.39 is 9.84 Å². The minimum Gasteiger partial charge on any atom is -0.378 e. The number of aliphatic imine (C=N–C) groups is 1. The van der Waals surface area contributed by atoms with Gasteiger partial charge in [-0.2, -0.15) is 5.10 Å². The average Bonchev–Trinajstić information content (AvgIpc) is 3.12. The molecular formula is C19H29N5O3S. The summed E-state index contributed by atoms with van der Waals surface area (Å²) in [6.07, 6.45) is 5.05. The lowest BCUT2D eigenvalue weighted by atomic mass is 10.3. The van der Waals surface area contributed by atoms with Crippen molar-refractivity contribution in [2.75, 3.05) is 45.4 Å². The maximum absolute atomic E-state index is 11.1. The molecule has 2 rings (SSSR count). The lowest BCUT2D eigenvalue weighted by molar-refractivity contribution is 0.157.